The third-order valence-corrected chi connectivity index (χ3v) is 6.57. The second kappa shape index (κ2) is 8.57. The summed E-state index contributed by atoms with van der Waals surface area (Å²) < 4.78 is 25.9. The molecule has 1 amide bonds. The van der Waals surface area contributed by atoms with Crippen LogP contribution in [0.15, 0.2) is 36.4 Å². The Bertz CT molecular complexity index is 995. The Morgan fingerprint density at radius 2 is 1.66 bits per heavy atom. The van der Waals surface area contributed by atoms with Crippen LogP contribution in [0.1, 0.15) is 53.6 Å². The minimum atomic E-state index is -3.59. The fourth-order valence-electron chi connectivity index (χ4n) is 4.02. The van der Waals surface area contributed by atoms with Crippen molar-refractivity contribution in [3.8, 4) is 0 Å². The van der Waals surface area contributed by atoms with Crippen molar-refractivity contribution in [1.82, 2.24) is 5.32 Å². The number of carbonyl (C=O) groups is 1. The van der Waals surface area contributed by atoms with Gasteiger partial charge >= 0.3 is 0 Å². The molecule has 1 aliphatic rings. The maximum absolute atomic E-state index is 12.7. The lowest BCUT2D eigenvalue weighted by atomic mass is 9.89. The minimum absolute atomic E-state index is 0.185. The predicted molar refractivity (Wildman–Crippen MR) is 118 cm³/mol. The van der Waals surface area contributed by atoms with Crippen LogP contribution >= 0.6 is 0 Å². The molecule has 0 aliphatic heterocycles. The second-order valence-electron chi connectivity index (χ2n) is 8.14. The number of nitrogens with zero attached hydrogens (tertiary/aromatic N) is 1. The molecule has 0 saturated carbocycles. The summed E-state index contributed by atoms with van der Waals surface area (Å²) >= 11 is 0. The van der Waals surface area contributed by atoms with Gasteiger partial charge in [-0.05, 0) is 86.4 Å². The van der Waals surface area contributed by atoms with Gasteiger partial charge in [-0.1, -0.05) is 24.3 Å². The van der Waals surface area contributed by atoms with Gasteiger partial charge in [0, 0.05) is 0 Å². The number of carbonyl (C=O) groups excluding carboxylic acids is 1. The van der Waals surface area contributed by atoms with Crippen molar-refractivity contribution in [2.75, 3.05) is 17.1 Å². The monoisotopic (exact) mass is 414 g/mol. The number of sulfonamides is 1. The number of anilines is 1. The van der Waals surface area contributed by atoms with Gasteiger partial charge in [-0.25, -0.2) is 8.42 Å². The Balaban J connectivity index is 1.75. The Morgan fingerprint density at radius 1 is 1.03 bits per heavy atom. The van der Waals surface area contributed by atoms with Crippen LogP contribution in [0.25, 0.3) is 0 Å². The molecule has 156 valence electrons. The van der Waals surface area contributed by atoms with E-state index in [4.69, 9.17) is 0 Å². The molecule has 0 bridgehead atoms. The molecule has 0 unspecified atom stereocenters. The highest BCUT2D eigenvalue weighted by atomic mass is 32.2. The number of hydrogen-bond donors (Lipinski definition) is 1. The molecule has 29 heavy (non-hydrogen) atoms. The van der Waals surface area contributed by atoms with Gasteiger partial charge < -0.3 is 5.32 Å². The van der Waals surface area contributed by atoms with E-state index >= 15 is 0 Å². The van der Waals surface area contributed by atoms with Gasteiger partial charge in [0.2, 0.25) is 15.9 Å². The summed E-state index contributed by atoms with van der Waals surface area (Å²) in [5.74, 6) is -0.320. The van der Waals surface area contributed by atoms with Crippen LogP contribution in [0, 0.1) is 13.8 Å². The first-order chi connectivity index (χ1) is 13.6. The van der Waals surface area contributed by atoms with Crippen molar-refractivity contribution in [3.05, 3.63) is 64.2 Å². The molecule has 1 N–H and O–H groups in total. The van der Waals surface area contributed by atoms with Crippen molar-refractivity contribution >= 4 is 21.6 Å². The Hall–Kier alpha value is -2.34. The van der Waals surface area contributed by atoms with Gasteiger partial charge in [0.25, 0.3) is 0 Å². The molecule has 0 radical (unpaired) electrons. The molecule has 1 atom stereocenters. The first-order valence-electron chi connectivity index (χ1n) is 10.1. The second-order valence-corrected chi connectivity index (χ2v) is 10.0. The molecule has 3 rings (SSSR count). The lowest BCUT2D eigenvalue weighted by Crippen LogP contribution is -2.41. The van der Waals surface area contributed by atoms with Crippen molar-refractivity contribution in [1.29, 1.82) is 0 Å². The number of benzene rings is 2. The van der Waals surface area contributed by atoms with Gasteiger partial charge in [0.15, 0.2) is 0 Å². The lowest BCUT2D eigenvalue weighted by molar-refractivity contribution is -0.120. The number of hydrogen-bond acceptors (Lipinski definition) is 3. The highest BCUT2D eigenvalue weighted by Gasteiger charge is 2.22. The summed E-state index contributed by atoms with van der Waals surface area (Å²) in [5.41, 5.74) is 6.24. The average Bonchev–Trinajstić information content (AvgIpc) is 2.64. The van der Waals surface area contributed by atoms with Crippen LogP contribution in [-0.4, -0.2) is 27.1 Å². The third-order valence-electron chi connectivity index (χ3n) is 5.43. The molecule has 5 nitrogen and oxygen atoms in total. The van der Waals surface area contributed by atoms with Gasteiger partial charge in [0.05, 0.1) is 18.0 Å². The number of amides is 1. The first-order valence-corrected chi connectivity index (χ1v) is 12.0. The molecule has 0 heterocycles. The molecular formula is C23H30N2O3S. The Morgan fingerprint density at radius 3 is 2.28 bits per heavy atom. The summed E-state index contributed by atoms with van der Waals surface area (Å²) in [6.07, 6.45) is 5.77. The van der Waals surface area contributed by atoms with E-state index in [0.29, 0.717) is 5.69 Å². The van der Waals surface area contributed by atoms with E-state index in [-0.39, 0.29) is 18.5 Å². The lowest BCUT2D eigenvalue weighted by Gasteiger charge is -2.24. The maximum Gasteiger partial charge on any atom is 0.241 e. The zero-order valence-electron chi connectivity index (χ0n) is 17.7. The molecule has 2 aromatic carbocycles. The van der Waals surface area contributed by atoms with Crippen LogP contribution in [0.4, 0.5) is 5.69 Å². The van der Waals surface area contributed by atoms with E-state index in [1.54, 1.807) is 12.1 Å². The standard InChI is InChI=1S/C23H30N2O3S/c1-16-11-17(2)13-22(12-16)25(29(4,27)28)15-23(26)24-18(3)20-10-9-19-7-5-6-8-21(19)14-20/h9-14,18H,5-8,15H2,1-4H3,(H,24,26)/t18-/m0/s1. The highest BCUT2D eigenvalue weighted by molar-refractivity contribution is 7.92. The zero-order valence-corrected chi connectivity index (χ0v) is 18.5. The molecule has 2 aromatic rings. The van der Waals surface area contributed by atoms with Crippen LogP contribution in [0.5, 0.6) is 0 Å². The fraction of sp³-hybridized carbons (Fsp3) is 0.435. The van der Waals surface area contributed by atoms with Crippen molar-refractivity contribution in [2.24, 2.45) is 0 Å². The molecule has 0 aromatic heterocycles. The molecule has 0 spiro atoms. The van der Waals surface area contributed by atoms with Gasteiger partial charge in [-0.3, -0.25) is 9.10 Å². The van der Waals surface area contributed by atoms with E-state index in [0.717, 1.165) is 35.8 Å². The summed E-state index contributed by atoms with van der Waals surface area (Å²) in [6, 6.07) is 11.8. The topological polar surface area (TPSA) is 66.5 Å². The Labute approximate surface area is 174 Å². The predicted octanol–water partition coefficient (Wildman–Crippen LogP) is 3.83. The molecule has 6 heteroatoms. The Kier molecular flexibility index (Phi) is 6.32. The van der Waals surface area contributed by atoms with Gasteiger partial charge in [-0.15, -0.1) is 0 Å². The number of fused-ring (bicyclic) bond motifs is 1. The third kappa shape index (κ3) is 5.38. The summed E-state index contributed by atoms with van der Waals surface area (Å²) in [4.78, 5) is 12.7. The summed E-state index contributed by atoms with van der Waals surface area (Å²) in [5, 5.41) is 2.96. The van der Waals surface area contributed by atoms with Crippen LogP contribution in [0.3, 0.4) is 0 Å². The largest absolute Gasteiger partial charge is 0.348 e. The number of aryl methyl sites for hydroxylation is 4. The first kappa shape index (κ1) is 21.4. The average molecular weight is 415 g/mol. The van der Waals surface area contributed by atoms with Crippen molar-refractivity contribution < 1.29 is 13.2 Å². The molecule has 0 fully saturated rings. The van der Waals surface area contributed by atoms with Crippen LogP contribution < -0.4 is 9.62 Å². The van der Waals surface area contributed by atoms with Gasteiger partial charge in [-0.2, -0.15) is 0 Å². The van der Waals surface area contributed by atoms with Gasteiger partial charge in [0.1, 0.15) is 6.54 Å². The molecular weight excluding hydrogens is 384 g/mol. The zero-order chi connectivity index (χ0) is 21.2. The normalized spacial score (nSPS) is 14.8. The summed E-state index contributed by atoms with van der Waals surface area (Å²) in [7, 11) is -3.59. The van der Waals surface area contributed by atoms with Crippen LogP contribution in [-0.2, 0) is 27.7 Å². The van der Waals surface area contributed by atoms with E-state index in [1.807, 2.05) is 26.8 Å². The van der Waals surface area contributed by atoms with Crippen molar-refractivity contribution in [2.45, 2.75) is 52.5 Å². The maximum atomic E-state index is 12.7. The quantitative estimate of drug-likeness (QED) is 0.781. The number of nitrogens with one attached hydrogen (secondary N) is 1. The summed E-state index contributed by atoms with van der Waals surface area (Å²) in [6.45, 7) is 5.52. The van der Waals surface area contributed by atoms with Crippen molar-refractivity contribution in [3.63, 3.8) is 0 Å². The highest BCUT2D eigenvalue weighted by Crippen LogP contribution is 2.25. The molecule has 1 aliphatic carbocycles. The van der Waals surface area contributed by atoms with E-state index in [2.05, 4.69) is 23.5 Å². The SMILES string of the molecule is Cc1cc(C)cc(N(CC(=O)N[C@@H](C)c2ccc3c(c2)CCCC3)S(C)(=O)=O)c1. The smallest absolute Gasteiger partial charge is 0.241 e. The molecule has 0 saturated heterocycles. The van der Waals surface area contributed by atoms with E-state index in [9.17, 15) is 13.2 Å². The fourth-order valence-corrected chi connectivity index (χ4v) is 4.86. The van der Waals surface area contributed by atoms with E-state index in [1.165, 1.54) is 28.3 Å². The van der Waals surface area contributed by atoms with E-state index < -0.39 is 10.0 Å². The number of rotatable bonds is 6. The van der Waals surface area contributed by atoms with Crippen LogP contribution in [0.2, 0.25) is 0 Å². The minimum Gasteiger partial charge on any atom is -0.348 e.